The van der Waals surface area contributed by atoms with Crippen LogP contribution < -0.4 is 10.6 Å². The highest BCUT2D eigenvalue weighted by Gasteiger charge is 2.35. The molecule has 0 aliphatic carbocycles. The lowest BCUT2D eigenvalue weighted by Gasteiger charge is -2.30. The third kappa shape index (κ3) is 2.65. The number of benzene rings is 2. The molecule has 2 aromatic rings. The van der Waals surface area contributed by atoms with Crippen molar-refractivity contribution < 1.29 is 9.59 Å². The lowest BCUT2D eigenvalue weighted by molar-refractivity contribution is -0.137. The van der Waals surface area contributed by atoms with Crippen molar-refractivity contribution in [2.24, 2.45) is 0 Å². The van der Waals surface area contributed by atoms with E-state index in [0.717, 1.165) is 16.7 Å². The zero-order valence-electron chi connectivity index (χ0n) is 11.7. The smallest absolute Gasteiger partial charge is 0.248 e. The van der Waals surface area contributed by atoms with Gasteiger partial charge in [0.25, 0.3) is 0 Å². The second-order valence-electron chi connectivity index (χ2n) is 5.20. The van der Waals surface area contributed by atoms with Crippen molar-refractivity contribution in [3.63, 3.8) is 0 Å². The highest BCUT2D eigenvalue weighted by atomic mass is 16.2. The monoisotopic (exact) mass is 280 g/mol. The zero-order valence-corrected chi connectivity index (χ0v) is 11.7. The molecule has 1 heterocycles. The normalized spacial score (nSPS) is 21.6. The van der Waals surface area contributed by atoms with Crippen molar-refractivity contribution in [2.45, 2.75) is 19.0 Å². The first-order chi connectivity index (χ1) is 10.1. The minimum atomic E-state index is -0.627. The molecule has 0 aromatic heterocycles. The van der Waals surface area contributed by atoms with Gasteiger partial charge in [-0.15, -0.1) is 0 Å². The van der Waals surface area contributed by atoms with Gasteiger partial charge in [0.2, 0.25) is 11.8 Å². The van der Waals surface area contributed by atoms with E-state index in [1.54, 1.807) is 0 Å². The lowest BCUT2D eigenvalue weighted by Crippen LogP contribution is -2.52. The largest absolute Gasteiger partial charge is 0.338 e. The maximum atomic E-state index is 12.3. The molecule has 2 N–H and O–H groups in total. The van der Waals surface area contributed by atoms with Crippen LogP contribution in [0.5, 0.6) is 0 Å². The van der Waals surface area contributed by atoms with Gasteiger partial charge >= 0.3 is 0 Å². The average Bonchev–Trinajstić information content (AvgIpc) is 2.51. The molecule has 1 aliphatic heterocycles. The Bertz CT molecular complexity index is 665. The minimum Gasteiger partial charge on any atom is -0.338 e. The highest BCUT2D eigenvalue weighted by molar-refractivity contribution is 5.98. The number of amides is 2. The average molecular weight is 280 g/mol. The molecule has 3 rings (SSSR count). The maximum absolute atomic E-state index is 12.3. The molecule has 2 aromatic carbocycles. The molecule has 0 bridgehead atoms. The van der Waals surface area contributed by atoms with E-state index in [1.165, 1.54) is 0 Å². The Labute approximate surface area is 123 Å². The van der Waals surface area contributed by atoms with Crippen LogP contribution in [0.2, 0.25) is 0 Å². The summed E-state index contributed by atoms with van der Waals surface area (Å²) in [6.45, 7) is 1.98. The van der Waals surface area contributed by atoms with Crippen molar-refractivity contribution in [3.05, 3.63) is 71.3 Å². The van der Waals surface area contributed by atoms with E-state index in [0.29, 0.717) is 0 Å². The van der Waals surface area contributed by atoms with Gasteiger partial charge < -0.3 is 10.6 Å². The number of rotatable bonds is 2. The standard InChI is InChI=1S/C17H16N2O2/c1-11-7-9-13(10-8-11)15-17(21)18-14(16(20)19-15)12-5-3-2-4-6-12/h2-10,14-15H,1H3,(H,18,21)(H,19,20). The molecule has 2 unspecified atom stereocenters. The van der Waals surface area contributed by atoms with Crippen molar-refractivity contribution in [2.75, 3.05) is 0 Å². The summed E-state index contributed by atoms with van der Waals surface area (Å²) in [6, 6.07) is 15.6. The van der Waals surface area contributed by atoms with Crippen molar-refractivity contribution in [1.82, 2.24) is 10.6 Å². The van der Waals surface area contributed by atoms with Crippen LogP contribution in [-0.4, -0.2) is 11.8 Å². The van der Waals surface area contributed by atoms with E-state index >= 15 is 0 Å². The predicted octanol–water partition coefficient (Wildman–Crippen LogP) is 2.02. The molecular formula is C17H16N2O2. The Morgan fingerprint density at radius 2 is 1.19 bits per heavy atom. The third-order valence-electron chi connectivity index (χ3n) is 3.64. The molecule has 4 nitrogen and oxygen atoms in total. The number of carbonyl (C=O) groups is 2. The summed E-state index contributed by atoms with van der Waals surface area (Å²) in [5.74, 6) is -0.376. The summed E-state index contributed by atoms with van der Waals surface area (Å²) in [4.78, 5) is 24.5. The van der Waals surface area contributed by atoms with Gasteiger partial charge in [-0.2, -0.15) is 0 Å². The molecule has 1 fully saturated rings. The molecule has 0 radical (unpaired) electrons. The SMILES string of the molecule is Cc1ccc(C2NC(=O)C(c3ccccc3)NC2=O)cc1. The Hall–Kier alpha value is -2.62. The Balaban J connectivity index is 1.83. The van der Waals surface area contributed by atoms with Crippen LogP contribution in [0.15, 0.2) is 54.6 Å². The fraction of sp³-hybridized carbons (Fsp3) is 0.176. The van der Waals surface area contributed by atoms with E-state index in [4.69, 9.17) is 0 Å². The molecule has 1 aliphatic rings. The van der Waals surface area contributed by atoms with Gasteiger partial charge in [0, 0.05) is 0 Å². The van der Waals surface area contributed by atoms with Gasteiger partial charge in [0.15, 0.2) is 0 Å². The van der Waals surface area contributed by atoms with Crippen LogP contribution in [0.1, 0.15) is 28.8 Å². The first-order valence-electron chi connectivity index (χ1n) is 6.87. The van der Waals surface area contributed by atoms with E-state index in [1.807, 2.05) is 61.5 Å². The third-order valence-corrected chi connectivity index (χ3v) is 3.64. The molecule has 0 saturated carbocycles. The van der Waals surface area contributed by atoms with Crippen molar-refractivity contribution in [1.29, 1.82) is 0 Å². The number of nitrogens with one attached hydrogen (secondary N) is 2. The van der Waals surface area contributed by atoms with E-state index < -0.39 is 12.1 Å². The van der Waals surface area contributed by atoms with E-state index in [9.17, 15) is 9.59 Å². The van der Waals surface area contributed by atoms with E-state index in [-0.39, 0.29) is 11.8 Å². The summed E-state index contributed by atoms with van der Waals surface area (Å²) < 4.78 is 0. The van der Waals surface area contributed by atoms with Gasteiger partial charge in [0.05, 0.1) is 0 Å². The van der Waals surface area contributed by atoms with Crippen LogP contribution in [0.25, 0.3) is 0 Å². The van der Waals surface area contributed by atoms with Crippen molar-refractivity contribution in [3.8, 4) is 0 Å². The van der Waals surface area contributed by atoms with Crippen molar-refractivity contribution >= 4 is 11.8 Å². The maximum Gasteiger partial charge on any atom is 0.248 e. The topological polar surface area (TPSA) is 58.2 Å². The summed E-state index contributed by atoms with van der Waals surface area (Å²) in [6.07, 6.45) is 0. The zero-order chi connectivity index (χ0) is 14.8. The van der Waals surface area contributed by atoms with Crippen LogP contribution in [0.4, 0.5) is 0 Å². The van der Waals surface area contributed by atoms with E-state index in [2.05, 4.69) is 10.6 Å². The molecule has 21 heavy (non-hydrogen) atoms. The number of hydrogen-bond donors (Lipinski definition) is 2. The molecule has 0 spiro atoms. The van der Waals surface area contributed by atoms with Gasteiger partial charge in [-0.1, -0.05) is 60.2 Å². The number of piperazine rings is 1. The minimum absolute atomic E-state index is 0.188. The Kier molecular flexibility index (Phi) is 3.44. The fourth-order valence-corrected chi connectivity index (χ4v) is 2.46. The highest BCUT2D eigenvalue weighted by Crippen LogP contribution is 2.23. The first kappa shape index (κ1) is 13.4. The Morgan fingerprint density at radius 1 is 0.714 bits per heavy atom. The summed E-state index contributed by atoms with van der Waals surface area (Å²) in [5.41, 5.74) is 2.69. The fourth-order valence-electron chi connectivity index (χ4n) is 2.46. The van der Waals surface area contributed by atoms with Gasteiger partial charge in [-0.25, -0.2) is 0 Å². The van der Waals surface area contributed by atoms with Crippen LogP contribution in [0, 0.1) is 6.92 Å². The second kappa shape index (κ2) is 5.40. The number of hydrogen-bond acceptors (Lipinski definition) is 2. The molecule has 2 amide bonds. The quantitative estimate of drug-likeness (QED) is 0.884. The molecule has 1 saturated heterocycles. The number of carbonyl (C=O) groups excluding carboxylic acids is 2. The summed E-state index contributed by atoms with van der Waals surface area (Å²) >= 11 is 0. The first-order valence-corrected chi connectivity index (χ1v) is 6.87. The second-order valence-corrected chi connectivity index (χ2v) is 5.20. The Morgan fingerprint density at radius 3 is 1.71 bits per heavy atom. The van der Waals surface area contributed by atoms with Crippen LogP contribution >= 0.6 is 0 Å². The lowest BCUT2D eigenvalue weighted by atomic mass is 9.98. The summed E-state index contributed by atoms with van der Waals surface area (Å²) in [7, 11) is 0. The van der Waals surface area contributed by atoms with Gasteiger partial charge in [-0.3, -0.25) is 9.59 Å². The molecular weight excluding hydrogens is 264 g/mol. The number of aryl methyl sites for hydroxylation is 1. The summed E-state index contributed by atoms with van der Waals surface area (Å²) in [5, 5.41) is 5.59. The molecule has 2 atom stereocenters. The van der Waals surface area contributed by atoms with Crippen LogP contribution in [0.3, 0.4) is 0 Å². The van der Waals surface area contributed by atoms with Gasteiger partial charge in [-0.05, 0) is 18.1 Å². The molecule has 106 valence electrons. The van der Waals surface area contributed by atoms with Crippen LogP contribution in [-0.2, 0) is 9.59 Å². The molecule has 4 heteroatoms. The predicted molar refractivity (Wildman–Crippen MR) is 79.4 cm³/mol. The van der Waals surface area contributed by atoms with Gasteiger partial charge in [0.1, 0.15) is 12.1 Å².